The highest BCUT2D eigenvalue weighted by atomic mass is 35.5. The van der Waals surface area contributed by atoms with Crippen LogP contribution in [0.2, 0.25) is 5.02 Å². The van der Waals surface area contributed by atoms with Crippen molar-refractivity contribution in [2.24, 2.45) is 7.05 Å². The molecule has 0 spiro atoms. The van der Waals surface area contributed by atoms with Gasteiger partial charge < -0.3 is 14.8 Å². The van der Waals surface area contributed by atoms with E-state index in [2.05, 4.69) is 20.4 Å². The molecule has 0 bridgehead atoms. The van der Waals surface area contributed by atoms with Gasteiger partial charge in [0.25, 0.3) is 0 Å². The van der Waals surface area contributed by atoms with E-state index in [1.165, 1.54) is 31.0 Å². The molecule has 24 heavy (non-hydrogen) atoms. The lowest BCUT2D eigenvalue weighted by Crippen LogP contribution is -2.29. The number of carbonyl (C=O) groups excluding carboxylic acids is 1. The van der Waals surface area contributed by atoms with Gasteiger partial charge in [-0.05, 0) is 37.5 Å². The molecule has 1 aliphatic rings. The Labute approximate surface area is 150 Å². The largest absolute Gasteiger partial charge is 0.370 e. The van der Waals surface area contributed by atoms with Crippen molar-refractivity contribution in [2.45, 2.75) is 24.4 Å². The van der Waals surface area contributed by atoms with Gasteiger partial charge in [0.05, 0.1) is 16.5 Å². The number of aryl methyl sites for hydroxylation is 1. The fourth-order valence-electron chi connectivity index (χ4n) is 2.71. The van der Waals surface area contributed by atoms with Gasteiger partial charge in [-0.2, -0.15) is 0 Å². The third kappa shape index (κ3) is 4.21. The molecule has 1 aliphatic heterocycles. The normalized spacial score (nSPS) is 14.7. The van der Waals surface area contributed by atoms with Gasteiger partial charge in [-0.25, -0.2) is 0 Å². The lowest BCUT2D eigenvalue weighted by Gasteiger charge is -2.29. The molecule has 128 valence electrons. The summed E-state index contributed by atoms with van der Waals surface area (Å²) in [7, 11) is 1.85. The summed E-state index contributed by atoms with van der Waals surface area (Å²) in [6.07, 6.45) is 5.30. The first-order chi connectivity index (χ1) is 11.6. The Balaban J connectivity index is 1.57. The molecule has 0 saturated carbocycles. The van der Waals surface area contributed by atoms with Gasteiger partial charge in [0.1, 0.15) is 6.33 Å². The minimum absolute atomic E-state index is 0.0928. The standard InChI is InChI=1S/C16H20ClN5OS/c1-21-11-18-20-16(21)24-10-15(23)19-12-5-6-14(13(17)9-12)22-7-3-2-4-8-22/h5-6,9,11H,2-4,7-8,10H2,1H3,(H,19,23). The molecular weight excluding hydrogens is 346 g/mol. The van der Waals surface area contributed by atoms with Crippen molar-refractivity contribution in [3.8, 4) is 0 Å². The van der Waals surface area contributed by atoms with E-state index in [1.807, 2.05) is 25.2 Å². The first-order valence-electron chi connectivity index (χ1n) is 7.94. The van der Waals surface area contributed by atoms with Gasteiger partial charge in [0.2, 0.25) is 5.91 Å². The third-order valence-electron chi connectivity index (χ3n) is 3.93. The predicted molar refractivity (Wildman–Crippen MR) is 97.9 cm³/mol. The third-order valence-corrected chi connectivity index (χ3v) is 5.27. The predicted octanol–water partition coefficient (Wildman–Crippen LogP) is 3.19. The van der Waals surface area contributed by atoms with E-state index in [0.29, 0.717) is 15.9 Å². The lowest BCUT2D eigenvalue weighted by atomic mass is 10.1. The van der Waals surface area contributed by atoms with Crippen LogP contribution in [0.1, 0.15) is 19.3 Å². The van der Waals surface area contributed by atoms with Crippen LogP contribution in [0.4, 0.5) is 11.4 Å². The van der Waals surface area contributed by atoms with Gasteiger partial charge in [0.15, 0.2) is 5.16 Å². The number of rotatable bonds is 5. The van der Waals surface area contributed by atoms with Gasteiger partial charge in [-0.15, -0.1) is 10.2 Å². The zero-order valence-electron chi connectivity index (χ0n) is 13.5. The Hall–Kier alpha value is -1.73. The van der Waals surface area contributed by atoms with Crippen LogP contribution in [0.15, 0.2) is 29.7 Å². The summed E-state index contributed by atoms with van der Waals surface area (Å²) in [5.41, 5.74) is 1.76. The van der Waals surface area contributed by atoms with Crippen molar-refractivity contribution in [3.63, 3.8) is 0 Å². The molecule has 1 fully saturated rings. The van der Waals surface area contributed by atoms with Crippen molar-refractivity contribution in [3.05, 3.63) is 29.5 Å². The highest BCUT2D eigenvalue weighted by Gasteiger charge is 2.15. The number of amides is 1. The van der Waals surface area contributed by atoms with Crippen molar-refractivity contribution >= 4 is 40.6 Å². The molecule has 0 radical (unpaired) electrons. The molecule has 1 aromatic carbocycles. The maximum absolute atomic E-state index is 12.1. The topological polar surface area (TPSA) is 63.1 Å². The number of thioether (sulfide) groups is 1. The summed E-state index contributed by atoms with van der Waals surface area (Å²) in [6, 6.07) is 5.70. The molecule has 8 heteroatoms. The smallest absolute Gasteiger partial charge is 0.234 e. The first kappa shape index (κ1) is 17.1. The SMILES string of the molecule is Cn1cnnc1SCC(=O)Nc1ccc(N2CCCCC2)c(Cl)c1. The number of anilines is 2. The highest BCUT2D eigenvalue weighted by Crippen LogP contribution is 2.30. The molecule has 0 unspecified atom stereocenters. The highest BCUT2D eigenvalue weighted by molar-refractivity contribution is 7.99. The van der Waals surface area contributed by atoms with Gasteiger partial charge in [-0.1, -0.05) is 23.4 Å². The molecular formula is C16H20ClN5OS. The average molecular weight is 366 g/mol. The second-order valence-corrected chi connectivity index (χ2v) is 7.12. The van der Waals surface area contributed by atoms with Crippen LogP contribution in [0.25, 0.3) is 0 Å². The summed E-state index contributed by atoms with van der Waals surface area (Å²) < 4.78 is 1.78. The number of halogens is 1. The number of aromatic nitrogens is 3. The molecule has 2 aromatic rings. The number of piperidine rings is 1. The molecule has 1 aromatic heterocycles. The summed E-state index contributed by atoms with van der Waals surface area (Å²) in [4.78, 5) is 14.4. The van der Waals surface area contributed by atoms with E-state index in [9.17, 15) is 4.79 Å². The number of carbonyl (C=O) groups is 1. The van der Waals surface area contributed by atoms with Crippen LogP contribution in [-0.4, -0.2) is 39.5 Å². The van der Waals surface area contributed by atoms with Crippen LogP contribution in [0.5, 0.6) is 0 Å². The van der Waals surface area contributed by atoms with Gasteiger partial charge in [0, 0.05) is 25.8 Å². The number of nitrogens with zero attached hydrogens (tertiary/aromatic N) is 4. The van der Waals surface area contributed by atoms with Gasteiger partial charge >= 0.3 is 0 Å². The lowest BCUT2D eigenvalue weighted by molar-refractivity contribution is -0.113. The average Bonchev–Trinajstić information content (AvgIpc) is 2.99. The van der Waals surface area contributed by atoms with Crippen molar-refractivity contribution in [2.75, 3.05) is 29.1 Å². The molecule has 3 rings (SSSR count). The summed E-state index contributed by atoms with van der Waals surface area (Å²) in [5.74, 6) is 0.183. The molecule has 1 saturated heterocycles. The van der Waals surface area contributed by atoms with Crippen LogP contribution in [-0.2, 0) is 11.8 Å². The number of hydrogen-bond acceptors (Lipinski definition) is 5. The van der Waals surface area contributed by atoms with E-state index >= 15 is 0 Å². The maximum atomic E-state index is 12.1. The Kier molecular flexibility index (Phi) is 5.63. The molecule has 2 heterocycles. The monoisotopic (exact) mass is 365 g/mol. The van der Waals surface area contributed by atoms with E-state index in [-0.39, 0.29) is 11.7 Å². The first-order valence-corrected chi connectivity index (χ1v) is 9.31. The van der Waals surface area contributed by atoms with Crippen LogP contribution < -0.4 is 10.2 Å². The second kappa shape index (κ2) is 7.90. The fourth-order valence-corrected chi connectivity index (χ4v) is 3.69. The second-order valence-electron chi connectivity index (χ2n) is 5.78. The number of nitrogens with one attached hydrogen (secondary N) is 1. The minimum atomic E-state index is -0.0928. The zero-order chi connectivity index (χ0) is 16.9. The molecule has 6 nitrogen and oxygen atoms in total. The van der Waals surface area contributed by atoms with E-state index < -0.39 is 0 Å². The van der Waals surface area contributed by atoms with E-state index in [1.54, 1.807) is 10.9 Å². The maximum Gasteiger partial charge on any atom is 0.234 e. The Bertz CT molecular complexity index is 714. The Morgan fingerprint density at radius 3 is 2.79 bits per heavy atom. The Morgan fingerprint density at radius 1 is 1.33 bits per heavy atom. The molecule has 1 N–H and O–H groups in total. The Morgan fingerprint density at radius 2 is 2.12 bits per heavy atom. The molecule has 0 atom stereocenters. The molecule has 1 amide bonds. The van der Waals surface area contributed by atoms with E-state index in [4.69, 9.17) is 11.6 Å². The van der Waals surface area contributed by atoms with Crippen molar-refractivity contribution in [1.29, 1.82) is 0 Å². The fraction of sp³-hybridized carbons (Fsp3) is 0.438. The van der Waals surface area contributed by atoms with Gasteiger partial charge in [-0.3, -0.25) is 4.79 Å². The molecule has 0 aliphatic carbocycles. The van der Waals surface area contributed by atoms with Crippen molar-refractivity contribution in [1.82, 2.24) is 14.8 Å². The number of benzene rings is 1. The van der Waals surface area contributed by atoms with Crippen LogP contribution in [0, 0.1) is 0 Å². The minimum Gasteiger partial charge on any atom is -0.370 e. The zero-order valence-corrected chi connectivity index (χ0v) is 15.1. The summed E-state index contributed by atoms with van der Waals surface area (Å²) >= 11 is 7.75. The van der Waals surface area contributed by atoms with Crippen molar-refractivity contribution < 1.29 is 4.79 Å². The van der Waals surface area contributed by atoms with E-state index in [0.717, 1.165) is 18.8 Å². The summed E-state index contributed by atoms with van der Waals surface area (Å²) in [6.45, 7) is 2.08. The van der Waals surface area contributed by atoms with Crippen LogP contribution >= 0.6 is 23.4 Å². The summed E-state index contributed by atoms with van der Waals surface area (Å²) in [5, 5.41) is 12.0. The quantitative estimate of drug-likeness (QED) is 0.824. The van der Waals surface area contributed by atoms with Crippen LogP contribution in [0.3, 0.4) is 0 Å². The number of hydrogen-bond donors (Lipinski definition) is 1.